The Morgan fingerprint density at radius 1 is 1.12 bits per heavy atom. The molecular weight excluding hydrogens is 332 g/mol. The van der Waals surface area contributed by atoms with Gasteiger partial charge in [0.25, 0.3) is 5.91 Å². The number of carbonyl (C=O) groups excluding carboxylic acids is 2. The van der Waals surface area contributed by atoms with Crippen LogP contribution in [0.5, 0.6) is 0 Å². The van der Waals surface area contributed by atoms with Gasteiger partial charge in [-0.15, -0.1) is 0 Å². The van der Waals surface area contributed by atoms with Gasteiger partial charge in [-0.05, 0) is 19.3 Å². The van der Waals surface area contributed by atoms with E-state index in [1.807, 2.05) is 6.92 Å². The number of rotatable bonds is 9. The highest BCUT2D eigenvalue weighted by Gasteiger charge is 2.23. The van der Waals surface area contributed by atoms with Gasteiger partial charge in [0, 0.05) is 19.1 Å². The zero-order chi connectivity index (χ0) is 18.2. The molecule has 24 heavy (non-hydrogen) atoms. The van der Waals surface area contributed by atoms with Gasteiger partial charge < -0.3 is 10.1 Å². The van der Waals surface area contributed by atoms with Gasteiger partial charge in [-0.2, -0.15) is 0 Å². The molecule has 0 radical (unpaired) electrons. The lowest BCUT2D eigenvalue weighted by molar-refractivity contribution is -0.149. The van der Waals surface area contributed by atoms with Crippen LogP contribution >= 0.6 is 0 Å². The summed E-state index contributed by atoms with van der Waals surface area (Å²) in [6.45, 7) is 6.66. The van der Waals surface area contributed by atoms with Gasteiger partial charge in [0.2, 0.25) is 0 Å². The number of esters is 1. The molecule has 1 fully saturated rings. The molecule has 1 rings (SSSR count). The van der Waals surface area contributed by atoms with E-state index in [9.17, 15) is 18.0 Å². The van der Waals surface area contributed by atoms with Crippen LogP contribution in [0.3, 0.4) is 0 Å². The smallest absolute Gasteiger partial charge is 0.320 e. The maximum Gasteiger partial charge on any atom is 0.320 e. The summed E-state index contributed by atoms with van der Waals surface area (Å²) < 4.78 is 27.6. The van der Waals surface area contributed by atoms with E-state index in [0.717, 1.165) is 19.3 Å². The van der Waals surface area contributed by atoms with Gasteiger partial charge in [-0.3, -0.25) is 14.5 Å². The van der Waals surface area contributed by atoms with Gasteiger partial charge in [-0.25, -0.2) is 8.42 Å². The van der Waals surface area contributed by atoms with Crippen LogP contribution in [0.2, 0.25) is 0 Å². The van der Waals surface area contributed by atoms with Gasteiger partial charge in [0.1, 0.15) is 0 Å². The summed E-state index contributed by atoms with van der Waals surface area (Å²) >= 11 is 0. The molecule has 1 aliphatic heterocycles. The van der Waals surface area contributed by atoms with Crippen LogP contribution < -0.4 is 5.32 Å². The average molecular weight is 362 g/mol. The van der Waals surface area contributed by atoms with E-state index in [1.54, 1.807) is 4.90 Å². The van der Waals surface area contributed by atoms with Crippen molar-refractivity contribution in [1.82, 2.24) is 10.2 Å². The number of hydrogen-bond acceptors (Lipinski definition) is 6. The molecule has 1 atom stereocenters. The molecule has 0 bridgehead atoms. The number of hydrogen-bond donors (Lipinski definition) is 1. The monoisotopic (exact) mass is 362 g/mol. The molecule has 1 unspecified atom stereocenters. The lowest BCUT2D eigenvalue weighted by atomic mass is 10.0. The first-order valence-electron chi connectivity index (χ1n) is 8.55. The highest BCUT2D eigenvalue weighted by molar-refractivity contribution is 7.91. The second kappa shape index (κ2) is 9.98. The van der Waals surface area contributed by atoms with Crippen molar-refractivity contribution >= 4 is 21.7 Å². The first-order valence-corrected chi connectivity index (χ1v) is 10.4. The number of carbonyl (C=O) groups is 2. The number of amides is 1. The fraction of sp³-hybridized carbons (Fsp3) is 0.875. The zero-order valence-electron chi connectivity index (χ0n) is 14.9. The third-order valence-corrected chi connectivity index (χ3v) is 5.59. The minimum absolute atomic E-state index is 0.0206. The fourth-order valence-corrected chi connectivity index (χ4v) is 3.78. The van der Waals surface area contributed by atoms with Crippen LogP contribution in [0, 0.1) is 5.92 Å². The predicted molar refractivity (Wildman–Crippen MR) is 92.3 cm³/mol. The second-order valence-corrected chi connectivity index (χ2v) is 9.19. The Kier molecular flexibility index (Phi) is 8.69. The second-order valence-electron chi connectivity index (χ2n) is 6.88. The van der Waals surface area contributed by atoms with Gasteiger partial charge in [-0.1, -0.05) is 26.7 Å². The topological polar surface area (TPSA) is 92.8 Å². The van der Waals surface area contributed by atoms with Crippen molar-refractivity contribution in [2.45, 2.75) is 46.1 Å². The Labute approximate surface area is 145 Å². The minimum atomic E-state index is -2.96. The summed E-state index contributed by atoms with van der Waals surface area (Å²) in [6, 6.07) is 0.0576. The van der Waals surface area contributed by atoms with Crippen LogP contribution in [-0.4, -0.2) is 69.0 Å². The molecule has 1 heterocycles. The Bertz CT molecular complexity index is 505. The number of ether oxygens (including phenoxy) is 1. The lowest BCUT2D eigenvalue weighted by Gasteiger charge is -2.25. The van der Waals surface area contributed by atoms with Gasteiger partial charge in [0.05, 0.1) is 18.1 Å². The molecule has 1 aliphatic rings. The average Bonchev–Trinajstić information content (AvgIpc) is 2.47. The van der Waals surface area contributed by atoms with Crippen LogP contribution in [0.25, 0.3) is 0 Å². The minimum Gasteiger partial charge on any atom is -0.455 e. The number of nitrogens with zero attached hydrogens (tertiary/aromatic N) is 1. The van der Waals surface area contributed by atoms with Crippen LogP contribution in [0.4, 0.5) is 0 Å². The molecule has 1 N–H and O–H groups in total. The predicted octanol–water partition coefficient (Wildman–Crippen LogP) is 0.591. The fourth-order valence-electron chi connectivity index (χ4n) is 2.50. The number of nitrogens with one attached hydrogen (secondary N) is 1. The van der Waals surface area contributed by atoms with E-state index >= 15 is 0 Å². The van der Waals surface area contributed by atoms with E-state index < -0.39 is 15.8 Å². The summed E-state index contributed by atoms with van der Waals surface area (Å²) in [4.78, 5) is 25.2. The summed E-state index contributed by atoms with van der Waals surface area (Å²) in [5.74, 6) is -0.0271. The quantitative estimate of drug-likeness (QED) is 0.604. The molecule has 0 aliphatic carbocycles. The maximum atomic E-state index is 11.8. The summed E-state index contributed by atoms with van der Waals surface area (Å²) in [5, 5.41) is 2.81. The highest BCUT2D eigenvalue weighted by Crippen LogP contribution is 2.08. The molecule has 1 amide bonds. The Balaban J connectivity index is 2.16. The summed E-state index contributed by atoms with van der Waals surface area (Å²) in [7, 11) is -2.96. The maximum absolute atomic E-state index is 11.8. The Hall–Kier alpha value is -1.15. The van der Waals surface area contributed by atoms with Crippen molar-refractivity contribution in [3.05, 3.63) is 0 Å². The molecular formula is C16H30N2O5S. The van der Waals surface area contributed by atoms with E-state index in [4.69, 9.17) is 4.74 Å². The van der Waals surface area contributed by atoms with E-state index in [-0.39, 0.29) is 36.6 Å². The molecule has 0 aromatic heterocycles. The zero-order valence-corrected chi connectivity index (χ0v) is 15.7. The third-order valence-electron chi connectivity index (χ3n) is 3.98. The summed E-state index contributed by atoms with van der Waals surface area (Å²) in [5.41, 5.74) is 0. The number of sulfone groups is 1. The highest BCUT2D eigenvalue weighted by atomic mass is 32.2. The summed E-state index contributed by atoms with van der Waals surface area (Å²) in [6.07, 6.45) is 3.08. The van der Waals surface area contributed by atoms with Crippen LogP contribution in [-0.2, 0) is 24.2 Å². The molecule has 0 spiro atoms. The molecule has 0 aromatic carbocycles. The van der Waals surface area contributed by atoms with Crippen molar-refractivity contribution < 1.29 is 22.7 Å². The van der Waals surface area contributed by atoms with Crippen LogP contribution in [0.15, 0.2) is 0 Å². The lowest BCUT2D eigenvalue weighted by Crippen LogP contribution is -2.43. The third kappa shape index (κ3) is 9.22. The van der Waals surface area contributed by atoms with Crippen molar-refractivity contribution in [3.63, 3.8) is 0 Å². The molecule has 1 saturated heterocycles. The molecule has 0 saturated carbocycles. The van der Waals surface area contributed by atoms with Crippen molar-refractivity contribution in [3.8, 4) is 0 Å². The van der Waals surface area contributed by atoms with Crippen molar-refractivity contribution in [2.24, 2.45) is 5.92 Å². The van der Waals surface area contributed by atoms with Crippen LogP contribution in [0.1, 0.15) is 40.0 Å². The molecule has 0 aromatic rings. The van der Waals surface area contributed by atoms with Gasteiger partial charge >= 0.3 is 5.97 Å². The van der Waals surface area contributed by atoms with E-state index in [2.05, 4.69) is 19.2 Å². The van der Waals surface area contributed by atoms with E-state index in [0.29, 0.717) is 19.0 Å². The van der Waals surface area contributed by atoms with Crippen molar-refractivity contribution in [2.75, 3.05) is 37.7 Å². The first-order chi connectivity index (χ1) is 11.2. The normalized spacial score (nSPS) is 19.0. The van der Waals surface area contributed by atoms with E-state index in [1.165, 1.54) is 0 Å². The van der Waals surface area contributed by atoms with Crippen molar-refractivity contribution in [1.29, 1.82) is 0 Å². The standard InChI is InChI=1S/C16H30N2O5S/c1-13(2)5-4-6-14(3)17-15(19)12-23-16(20)11-18-7-9-24(21,22)10-8-18/h13-14H,4-12H2,1-3H3,(H,17,19). The molecule has 8 heteroatoms. The Morgan fingerprint density at radius 3 is 2.33 bits per heavy atom. The first kappa shape index (κ1) is 20.9. The molecule has 7 nitrogen and oxygen atoms in total. The van der Waals surface area contributed by atoms with Gasteiger partial charge in [0.15, 0.2) is 16.4 Å². The SMILES string of the molecule is CC(C)CCCC(C)NC(=O)COC(=O)CN1CCS(=O)(=O)CC1. The Morgan fingerprint density at radius 2 is 1.75 bits per heavy atom. The largest absolute Gasteiger partial charge is 0.455 e. The molecule has 140 valence electrons.